The summed E-state index contributed by atoms with van der Waals surface area (Å²) >= 11 is 1.52. The van der Waals surface area contributed by atoms with E-state index in [0.717, 1.165) is 61.6 Å². The van der Waals surface area contributed by atoms with Gasteiger partial charge in [-0.15, -0.1) is 11.3 Å². The van der Waals surface area contributed by atoms with Crippen molar-refractivity contribution in [2.75, 3.05) is 19.6 Å². The highest BCUT2D eigenvalue weighted by atomic mass is 32.1. The van der Waals surface area contributed by atoms with E-state index in [1.165, 1.54) is 11.3 Å². The summed E-state index contributed by atoms with van der Waals surface area (Å²) in [6, 6.07) is 10.8. The Hall–Kier alpha value is -2.51. The maximum absolute atomic E-state index is 13.4. The van der Waals surface area contributed by atoms with Gasteiger partial charge in [-0.1, -0.05) is 25.1 Å². The number of hydrogen-bond donors (Lipinski definition) is 0. The van der Waals surface area contributed by atoms with Crippen LogP contribution in [0, 0.1) is 0 Å². The molecule has 2 fully saturated rings. The molecule has 1 saturated carbocycles. The first-order chi connectivity index (χ1) is 14.7. The Morgan fingerprint density at radius 1 is 1.13 bits per heavy atom. The van der Waals surface area contributed by atoms with E-state index in [1.54, 1.807) is 0 Å². The molecule has 1 saturated heterocycles. The van der Waals surface area contributed by atoms with E-state index in [1.807, 2.05) is 52.8 Å². The van der Waals surface area contributed by atoms with Gasteiger partial charge in [0.25, 0.3) is 5.91 Å². The molecule has 0 radical (unpaired) electrons. The molecule has 0 bridgehead atoms. The van der Waals surface area contributed by atoms with Crippen LogP contribution in [0.2, 0.25) is 0 Å². The molecule has 1 aromatic carbocycles. The first kappa shape index (κ1) is 19.5. The van der Waals surface area contributed by atoms with Crippen LogP contribution in [0.15, 0.2) is 48.1 Å². The summed E-state index contributed by atoms with van der Waals surface area (Å²) in [5.41, 5.74) is 2.53. The van der Waals surface area contributed by atoms with Gasteiger partial charge in [-0.2, -0.15) is 5.10 Å². The number of carbonyl (C=O) groups excluding carboxylic acids is 1. The van der Waals surface area contributed by atoms with Crippen LogP contribution in [-0.2, 0) is 0 Å². The number of para-hydroxylation sites is 1. The lowest BCUT2D eigenvalue weighted by Gasteiger charge is -2.38. The van der Waals surface area contributed by atoms with E-state index in [0.29, 0.717) is 17.8 Å². The molecular formula is C23H27N5OS. The van der Waals surface area contributed by atoms with Crippen molar-refractivity contribution in [2.24, 2.45) is 0 Å². The quantitative estimate of drug-likeness (QED) is 0.602. The minimum absolute atomic E-state index is 0.102. The van der Waals surface area contributed by atoms with Gasteiger partial charge in [0, 0.05) is 42.3 Å². The van der Waals surface area contributed by atoms with E-state index < -0.39 is 0 Å². The van der Waals surface area contributed by atoms with Gasteiger partial charge in [-0.25, -0.2) is 9.67 Å². The van der Waals surface area contributed by atoms with Crippen LogP contribution in [0.1, 0.15) is 43.1 Å². The number of carbonyl (C=O) groups is 1. The van der Waals surface area contributed by atoms with Crippen molar-refractivity contribution >= 4 is 17.2 Å². The lowest BCUT2D eigenvalue weighted by Crippen LogP contribution is -2.48. The second-order valence-corrected chi connectivity index (χ2v) is 9.01. The Morgan fingerprint density at radius 2 is 1.87 bits per heavy atom. The molecule has 0 atom stereocenters. The third-order valence-electron chi connectivity index (χ3n) is 6.15. The van der Waals surface area contributed by atoms with Crippen molar-refractivity contribution < 1.29 is 4.79 Å². The zero-order valence-electron chi connectivity index (χ0n) is 17.3. The molecule has 2 aliphatic rings. The molecule has 0 N–H and O–H groups in total. The van der Waals surface area contributed by atoms with E-state index in [2.05, 4.69) is 21.8 Å². The van der Waals surface area contributed by atoms with Crippen molar-refractivity contribution in [1.29, 1.82) is 0 Å². The van der Waals surface area contributed by atoms with Crippen molar-refractivity contribution in [3.8, 4) is 16.3 Å². The van der Waals surface area contributed by atoms with Crippen LogP contribution in [0.25, 0.3) is 16.3 Å². The predicted octanol–water partition coefficient (Wildman–Crippen LogP) is 4.08. The minimum atomic E-state index is 0.102. The zero-order valence-corrected chi connectivity index (χ0v) is 18.1. The summed E-state index contributed by atoms with van der Waals surface area (Å²) in [4.78, 5) is 22.7. The molecule has 3 aromatic rings. The van der Waals surface area contributed by atoms with Gasteiger partial charge in [0.1, 0.15) is 10.7 Å². The number of hydrogen-bond acceptors (Lipinski definition) is 5. The second-order valence-electron chi connectivity index (χ2n) is 8.16. The lowest BCUT2D eigenvalue weighted by molar-refractivity contribution is 0.0549. The summed E-state index contributed by atoms with van der Waals surface area (Å²) in [6.45, 7) is 5.47. The van der Waals surface area contributed by atoms with Crippen LogP contribution >= 0.6 is 11.3 Å². The molecule has 1 amide bonds. The highest BCUT2D eigenvalue weighted by Crippen LogP contribution is 2.34. The molecule has 1 aliphatic heterocycles. The fourth-order valence-electron chi connectivity index (χ4n) is 4.29. The van der Waals surface area contributed by atoms with Crippen molar-refractivity contribution in [3.05, 3.63) is 53.8 Å². The van der Waals surface area contributed by atoms with Gasteiger partial charge >= 0.3 is 0 Å². The highest BCUT2D eigenvalue weighted by Gasteiger charge is 2.39. The summed E-state index contributed by atoms with van der Waals surface area (Å²) in [5, 5.41) is 7.22. The minimum Gasteiger partial charge on any atom is -0.331 e. The maximum Gasteiger partial charge on any atom is 0.273 e. The molecule has 7 heteroatoms. The zero-order chi connectivity index (χ0) is 20.5. The average Bonchev–Trinajstić information content (AvgIpc) is 3.29. The number of piperidine rings is 1. The Morgan fingerprint density at radius 3 is 2.57 bits per heavy atom. The van der Waals surface area contributed by atoms with Crippen molar-refractivity contribution in [2.45, 2.75) is 44.7 Å². The molecule has 156 valence electrons. The fourth-order valence-corrected chi connectivity index (χ4v) is 5.06. The fraction of sp³-hybridized carbons (Fsp3) is 0.435. The average molecular weight is 422 g/mol. The van der Waals surface area contributed by atoms with Crippen LogP contribution in [0.4, 0.5) is 0 Å². The number of amides is 1. The number of rotatable bonds is 6. The van der Waals surface area contributed by atoms with Gasteiger partial charge < -0.3 is 9.80 Å². The van der Waals surface area contributed by atoms with Crippen molar-refractivity contribution in [3.63, 3.8) is 0 Å². The van der Waals surface area contributed by atoms with Crippen molar-refractivity contribution in [1.82, 2.24) is 24.6 Å². The Bertz CT molecular complexity index is 1000. The number of nitrogens with zero attached hydrogens (tertiary/aromatic N) is 5. The SMILES string of the molecule is CCN1CCC(N(C(=O)c2csc(-c3cnn(-c4ccccc4)c3)n2)C2CC2)CC1. The molecule has 3 heterocycles. The molecule has 0 unspecified atom stereocenters. The predicted molar refractivity (Wildman–Crippen MR) is 119 cm³/mol. The third-order valence-corrected chi connectivity index (χ3v) is 7.04. The van der Waals surface area contributed by atoms with Gasteiger partial charge in [0.2, 0.25) is 0 Å². The topological polar surface area (TPSA) is 54.3 Å². The summed E-state index contributed by atoms with van der Waals surface area (Å²) in [7, 11) is 0. The molecule has 2 aromatic heterocycles. The van der Waals surface area contributed by atoms with Crippen LogP contribution in [0.5, 0.6) is 0 Å². The smallest absolute Gasteiger partial charge is 0.273 e. The Balaban J connectivity index is 1.33. The highest BCUT2D eigenvalue weighted by molar-refractivity contribution is 7.13. The molecule has 30 heavy (non-hydrogen) atoms. The van der Waals surface area contributed by atoms with Gasteiger partial charge in [0.05, 0.1) is 11.9 Å². The van der Waals surface area contributed by atoms with E-state index in [-0.39, 0.29) is 5.91 Å². The van der Waals surface area contributed by atoms with E-state index in [4.69, 9.17) is 4.98 Å². The maximum atomic E-state index is 13.4. The Kier molecular flexibility index (Phi) is 5.39. The van der Waals surface area contributed by atoms with Crippen LogP contribution < -0.4 is 0 Å². The summed E-state index contributed by atoms with van der Waals surface area (Å²) in [6.07, 6.45) is 8.18. The number of likely N-dealkylation sites (tertiary alicyclic amines) is 1. The number of thiazole rings is 1. The molecule has 0 spiro atoms. The summed E-state index contributed by atoms with van der Waals surface area (Å²) in [5.74, 6) is 0.102. The number of benzene rings is 1. The largest absolute Gasteiger partial charge is 0.331 e. The van der Waals surface area contributed by atoms with Gasteiger partial charge in [-0.05, 0) is 44.4 Å². The normalized spacial score (nSPS) is 17.9. The van der Waals surface area contributed by atoms with Crippen LogP contribution in [-0.4, -0.2) is 62.2 Å². The van der Waals surface area contributed by atoms with Gasteiger partial charge in [-0.3, -0.25) is 4.79 Å². The standard InChI is InChI=1S/C23H27N5OS/c1-2-26-12-10-20(11-13-26)28(19-8-9-19)23(29)21-16-30-22(25-21)17-14-24-27(15-17)18-6-4-3-5-7-18/h3-7,14-16,19-20H,2,8-13H2,1H3. The van der Waals surface area contributed by atoms with Gasteiger partial charge in [0.15, 0.2) is 0 Å². The summed E-state index contributed by atoms with van der Waals surface area (Å²) < 4.78 is 1.84. The Labute approximate surface area is 181 Å². The number of aromatic nitrogens is 3. The second kappa shape index (κ2) is 8.32. The van der Waals surface area contributed by atoms with Crippen LogP contribution in [0.3, 0.4) is 0 Å². The lowest BCUT2D eigenvalue weighted by atomic mass is 10.0. The molecule has 6 nitrogen and oxygen atoms in total. The first-order valence-corrected chi connectivity index (χ1v) is 11.7. The molecule has 1 aliphatic carbocycles. The molecular weight excluding hydrogens is 394 g/mol. The molecule has 5 rings (SSSR count). The monoisotopic (exact) mass is 421 g/mol. The van der Waals surface area contributed by atoms with E-state index in [9.17, 15) is 4.79 Å². The third kappa shape index (κ3) is 3.91. The van der Waals surface area contributed by atoms with E-state index >= 15 is 0 Å². The first-order valence-electron chi connectivity index (χ1n) is 10.8.